The van der Waals surface area contributed by atoms with Crippen LogP contribution in [0.2, 0.25) is 0 Å². The Hall–Kier alpha value is -2.71. The lowest BCUT2D eigenvalue weighted by Crippen LogP contribution is -2.34. The van der Waals surface area contributed by atoms with E-state index in [0.717, 1.165) is 24.8 Å². The van der Waals surface area contributed by atoms with Gasteiger partial charge in [0.2, 0.25) is 10.0 Å². The molecule has 0 saturated carbocycles. The molecule has 2 aromatic carbocycles. The van der Waals surface area contributed by atoms with Gasteiger partial charge in [-0.15, -0.1) is 0 Å². The number of nitrogens with one attached hydrogen (secondary N) is 2. The van der Waals surface area contributed by atoms with Gasteiger partial charge >= 0.3 is 5.97 Å². The number of carbonyl (C=O) groups excluding carboxylic acids is 2. The van der Waals surface area contributed by atoms with Crippen LogP contribution >= 0.6 is 0 Å². The molecular weight excluding hydrogens is 392 g/mol. The number of sulfonamides is 1. The Balaban J connectivity index is 1.40. The molecule has 8 heteroatoms. The molecule has 0 aromatic heterocycles. The molecule has 2 N–H and O–H groups in total. The van der Waals surface area contributed by atoms with Crippen LogP contribution in [0.3, 0.4) is 0 Å². The van der Waals surface area contributed by atoms with Crippen molar-refractivity contribution in [1.82, 2.24) is 10.0 Å². The van der Waals surface area contributed by atoms with Gasteiger partial charge in [-0.2, -0.15) is 0 Å². The molecule has 1 atom stereocenters. The summed E-state index contributed by atoms with van der Waals surface area (Å²) in [5.74, 6) is -1.01. The van der Waals surface area contributed by atoms with E-state index in [2.05, 4.69) is 16.1 Å². The SMILES string of the molecule is O=C(COC(=O)CCNS(=O)(=O)c1ccccc1)N[C@@H]1CCCc2ccccc21. The Labute approximate surface area is 170 Å². The van der Waals surface area contributed by atoms with Gasteiger partial charge in [-0.1, -0.05) is 42.5 Å². The fourth-order valence-electron chi connectivity index (χ4n) is 3.33. The smallest absolute Gasteiger partial charge is 0.307 e. The van der Waals surface area contributed by atoms with Crippen LogP contribution in [-0.4, -0.2) is 33.4 Å². The molecule has 2 aromatic rings. The molecule has 0 fully saturated rings. The molecule has 0 radical (unpaired) electrons. The lowest BCUT2D eigenvalue weighted by molar-refractivity contribution is -0.148. The molecule has 1 aliphatic rings. The molecule has 29 heavy (non-hydrogen) atoms. The van der Waals surface area contributed by atoms with E-state index in [1.165, 1.54) is 17.7 Å². The fraction of sp³-hybridized carbons (Fsp3) is 0.333. The van der Waals surface area contributed by atoms with E-state index < -0.39 is 16.0 Å². The van der Waals surface area contributed by atoms with Crippen LogP contribution in [0.25, 0.3) is 0 Å². The van der Waals surface area contributed by atoms with Crippen molar-refractivity contribution in [2.75, 3.05) is 13.2 Å². The number of rotatable bonds is 8. The average Bonchev–Trinajstić information content (AvgIpc) is 2.73. The first-order valence-electron chi connectivity index (χ1n) is 9.53. The van der Waals surface area contributed by atoms with E-state index in [0.29, 0.717) is 0 Å². The van der Waals surface area contributed by atoms with Crippen molar-refractivity contribution in [3.8, 4) is 0 Å². The number of aryl methyl sites for hydroxylation is 1. The third kappa shape index (κ3) is 5.88. The highest BCUT2D eigenvalue weighted by Gasteiger charge is 2.22. The van der Waals surface area contributed by atoms with E-state index in [-0.39, 0.29) is 36.4 Å². The molecular formula is C21H24N2O5S. The molecule has 7 nitrogen and oxygen atoms in total. The predicted molar refractivity (Wildman–Crippen MR) is 107 cm³/mol. The summed E-state index contributed by atoms with van der Waals surface area (Å²) in [5, 5.41) is 2.90. The number of esters is 1. The Morgan fingerprint density at radius 3 is 2.55 bits per heavy atom. The quantitative estimate of drug-likeness (QED) is 0.642. The van der Waals surface area contributed by atoms with Crippen LogP contribution in [0.4, 0.5) is 0 Å². The van der Waals surface area contributed by atoms with Crippen molar-refractivity contribution in [2.24, 2.45) is 0 Å². The minimum absolute atomic E-state index is 0.0798. The summed E-state index contributed by atoms with van der Waals surface area (Å²) in [6.45, 7) is -0.489. The lowest BCUT2D eigenvalue weighted by Gasteiger charge is -2.26. The number of ether oxygens (including phenoxy) is 1. The van der Waals surface area contributed by atoms with E-state index >= 15 is 0 Å². The highest BCUT2D eigenvalue weighted by molar-refractivity contribution is 7.89. The van der Waals surface area contributed by atoms with Gasteiger partial charge in [-0.3, -0.25) is 9.59 Å². The molecule has 0 saturated heterocycles. The molecule has 0 unspecified atom stereocenters. The van der Waals surface area contributed by atoms with E-state index in [4.69, 9.17) is 4.74 Å². The molecule has 154 valence electrons. The minimum atomic E-state index is -3.67. The maximum absolute atomic E-state index is 12.1. The second kappa shape index (κ2) is 9.67. The molecule has 1 aliphatic carbocycles. The van der Waals surface area contributed by atoms with Gasteiger partial charge in [0.25, 0.3) is 5.91 Å². The first-order chi connectivity index (χ1) is 14.0. The van der Waals surface area contributed by atoms with Gasteiger partial charge in [-0.25, -0.2) is 13.1 Å². The number of hydrogen-bond donors (Lipinski definition) is 2. The van der Waals surface area contributed by atoms with Crippen LogP contribution in [0.1, 0.15) is 36.4 Å². The summed E-state index contributed by atoms with van der Waals surface area (Å²) in [5.41, 5.74) is 2.33. The van der Waals surface area contributed by atoms with Crippen LogP contribution in [0, 0.1) is 0 Å². The fourth-order valence-corrected chi connectivity index (χ4v) is 4.38. The van der Waals surface area contributed by atoms with Crippen LogP contribution in [0.5, 0.6) is 0 Å². The Morgan fingerprint density at radius 1 is 1.03 bits per heavy atom. The highest BCUT2D eigenvalue weighted by Crippen LogP contribution is 2.29. The largest absolute Gasteiger partial charge is 0.456 e. The van der Waals surface area contributed by atoms with Crippen molar-refractivity contribution >= 4 is 21.9 Å². The molecule has 0 bridgehead atoms. The molecule has 1 amide bonds. The van der Waals surface area contributed by atoms with E-state index in [9.17, 15) is 18.0 Å². The van der Waals surface area contributed by atoms with Gasteiger partial charge in [-0.05, 0) is 42.5 Å². The molecule has 3 rings (SSSR count). The van der Waals surface area contributed by atoms with Crippen molar-refractivity contribution in [1.29, 1.82) is 0 Å². The van der Waals surface area contributed by atoms with Crippen molar-refractivity contribution in [2.45, 2.75) is 36.6 Å². The Kier molecular flexibility index (Phi) is 7.00. The lowest BCUT2D eigenvalue weighted by atomic mass is 9.88. The normalized spacial score (nSPS) is 15.9. The molecule has 0 heterocycles. The van der Waals surface area contributed by atoms with Gasteiger partial charge < -0.3 is 10.1 Å². The topological polar surface area (TPSA) is 102 Å². The predicted octanol–water partition coefficient (Wildman–Crippen LogP) is 2.09. The highest BCUT2D eigenvalue weighted by atomic mass is 32.2. The summed E-state index contributed by atoms with van der Waals surface area (Å²) < 4.78 is 31.5. The zero-order valence-corrected chi connectivity index (χ0v) is 16.8. The first kappa shape index (κ1) is 21.0. The Bertz CT molecular complexity index is 960. The second-order valence-corrected chi connectivity index (χ2v) is 8.60. The minimum Gasteiger partial charge on any atom is -0.456 e. The summed E-state index contributed by atoms with van der Waals surface area (Å²) in [6, 6.07) is 15.8. The van der Waals surface area contributed by atoms with E-state index in [1.54, 1.807) is 18.2 Å². The number of benzene rings is 2. The van der Waals surface area contributed by atoms with Crippen LogP contribution in [-0.2, 0) is 30.8 Å². The third-order valence-corrected chi connectivity index (χ3v) is 6.22. The monoisotopic (exact) mass is 416 g/mol. The van der Waals surface area contributed by atoms with Crippen molar-refractivity contribution < 1.29 is 22.7 Å². The summed E-state index contributed by atoms with van der Waals surface area (Å²) in [6.07, 6.45) is 2.67. The number of amides is 1. The van der Waals surface area contributed by atoms with Crippen molar-refractivity contribution in [3.63, 3.8) is 0 Å². The maximum atomic E-state index is 12.1. The Morgan fingerprint density at radius 2 is 1.76 bits per heavy atom. The van der Waals surface area contributed by atoms with E-state index in [1.807, 2.05) is 18.2 Å². The van der Waals surface area contributed by atoms with Gasteiger partial charge in [0, 0.05) is 6.54 Å². The number of hydrogen-bond acceptors (Lipinski definition) is 5. The van der Waals surface area contributed by atoms with Gasteiger partial charge in [0.05, 0.1) is 17.4 Å². The average molecular weight is 416 g/mol. The van der Waals surface area contributed by atoms with Gasteiger partial charge in [0.1, 0.15) is 0 Å². The number of carbonyl (C=O) groups is 2. The van der Waals surface area contributed by atoms with Gasteiger partial charge in [0.15, 0.2) is 6.61 Å². The second-order valence-electron chi connectivity index (χ2n) is 6.83. The van der Waals surface area contributed by atoms with Crippen molar-refractivity contribution in [3.05, 3.63) is 65.7 Å². The summed E-state index contributed by atoms with van der Waals surface area (Å²) in [7, 11) is -3.67. The number of fused-ring (bicyclic) bond motifs is 1. The maximum Gasteiger partial charge on any atom is 0.307 e. The zero-order chi connectivity index (χ0) is 20.7. The first-order valence-corrected chi connectivity index (χ1v) is 11.0. The molecule has 0 aliphatic heterocycles. The summed E-state index contributed by atoms with van der Waals surface area (Å²) in [4.78, 5) is 24.1. The molecule has 0 spiro atoms. The standard InChI is InChI=1S/C21H24N2O5S/c24-20(23-19-12-6-8-16-7-4-5-11-18(16)19)15-28-21(25)13-14-22-29(26,27)17-9-2-1-3-10-17/h1-5,7,9-11,19,22H,6,8,12-15H2,(H,23,24)/t19-/m1/s1. The third-order valence-electron chi connectivity index (χ3n) is 4.74. The zero-order valence-electron chi connectivity index (χ0n) is 16.0. The van der Waals surface area contributed by atoms with Crippen LogP contribution < -0.4 is 10.0 Å². The van der Waals surface area contributed by atoms with Crippen LogP contribution in [0.15, 0.2) is 59.5 Å². The summed E-state index contributed by atoms with van der Waals surface area (Å²) >= 11 is 0.